The third-order valence-corrected chi connectivity index (χ3v) is 6.62. The van der Waals surface area contributed by atoms with Gasteiger partial charge in [-0.2, -0.15) is 0 Å². The SMILES string of the molecule is C/N=C(/C)C(=C(C)C)c1cc2nc(CO)c3oc(=O)n([C@H](C)c4c(C)cccc4F)c3c2cc1OC. The molecule has 4 aromatic rings. The van der Waals surface area contributed by atoms with Crippen LogP contribution in [0.2, 0.25) is 0 Å². The van der Waals surface area contributed by atoms with Gasteiger partial charge in [-0.25, -0.2) is 14.2 Å². The first-order valence-electron chi connectivity index (χ1n) is 11.7. The van der Waals surface area contributed by atoms with Crippen molar-refractivity contribution in [3.8, 4) is 5.75 Å². The molecular weight excluding hydrogens is 461 g/mol. The van der Waals surface area contributed by atoms with Crippen LogP contribution in [0.4, 0.5) is 4.39 Å². The Morgan fingerprint density at radius 1 is 1.28 bits per heavy atom. The van der Waals surface area contributed by atoms with Crippen LogP contribution >= 0.6 is 0 Å². The van der Waals surface area contributed by atoms with Gasteiger partial charge in [0, 0.05) is 34.8 Å². The minimum Gasteiger partial charge on any atom is -0.496 e. The van der Waals surface area contributed by atoms with Gasteiger partial charge in [-0.3, -0.25) is 9.56 Å². The van der Waals surface area contributed by atoms with Crippen molar-refractivity contribution in [3.63, 3.8) is 0 Å². The van der Waals surface area contributed by atoms with Crippen molar-refractivity contribution in [2.45, 2.75) is 47.3 Å². The molecule has 2 aromatic carbocycles. The molecular formula is C28H30FN3O4. The fourth-order valence-electron chi connectivity index (χ4n) is 4.94. The summed E-state index contributed by atoms with van der Waals surface area (Å²) in [4.78, 5) is 22.1. The Morgan fingerprint density at radius 3 is 2.58 bits per heavy atom. The zero-order valence-electron chi connectivity index (χ0n) is 21.6. The number of oxazole rings is 1. The highest BCUT2D eigenvalue weighted by Gasteiger charge is 2.26. The van der Waals surface area contributed by atoms with Gasteiger partial charge >= 0.3 is 5.76 Å². The molecule has 2 aromatic heterocycles. The highest BCUT2D eigenvalue weighted by atomic mass is 19.1. The topological polar surface area (TPSA) is 89.9 Å². The molecule has 0 aliphatic carbocycles. The summed E-state index contributed by atoms with van der Waals surface area (Å²) in [7, 11) is 3.31. The predicted molar refractivity (Wildman–Crippen MR) is 141 cm³/mol. The number of hydrogen-bond acceptors (Lipinski definition) is 6. The lowest BCUT2D eigenvalue weighted by molar-refractivity contribution is 0.277. The van der Waals surface area contributed by atoms with E-state index in [1.807, 2.05) is 26.8 Å². The third-order valence-electron chi connectivity index (χ3n) is 6.62. The van der Waals surface area contributed by atoms with Crippen molar-refractivity contribution in [3.05, 3.63) is 74.7 Å². The molecule has 0 saturated heterocycles. The van der Waals surface area contributed by atoms with E-state index in [4.69, 9.17) is 9.15 Å². The minimum atomic E-state index is -0.675. The van der Waals surface area contributed by atoms with Crippen LogP contribution in [0.3, 0.4) is 0 Å². The van der Waals surface area contributed by atoms with Gasteiger partial charge < -0.3 is 14.3 Å². The number of aliphatic hydroxyl groups excluding tert-OH is 1. The number of allylic oxidation sites excluding steroid dienone is 2. The van der Waals surface area contributed by atoms with Crippen molar-refractivity contribution >= 4 is 33.3 Å². The van der Waals surface area contributed by atoms with Gasteiger partial charge in [0.1, 0.15) is 22.8 Å². The molecule has 1 atom stereocenters. The van der Waals surface area contributed by atoms with Crippen molar-refractivity contribution < 1.29 is 18.7 Å². The van der Waals surface area contributed by atoms with Crippen molar-refractivity contribution in [2.24, 2.45) is 4.99 Å². The number of halogens is 1. The van der Waals surface area contributed by atoms with E-state index >= 15 is 0 Å². The number of aromatic nitrogens is 2. The number of hydrogen-bond donors (Lipinski definition) is 1. The first-order chi connectivity index (χ1) is 17.1. The molecule has 0 saturated carbocycles. The number of fused-ring (bicyclic) bond motifs is 3. The highest BCUT2D eigenvalue weighted by molar-refractivity contribution is 6.25. The summed E-state index contributed by atoms with van der Waals surface area (Å²) in [6.45, 7) is 9.04. The van der Waals surface area contributed by atoms with Crippen LogP contribution in [0, 0.1) is 12.7 Å². The van der Waals surface area contributed by atoms with Gasteiger partial charge in [-0.05, 0) is 58.4 Å². The average molecular weight is 492 g/mol. The lowest BCUT2D eigenvalue weighted by Crippen LogP contribution is -2.21. The normalized spacial score (nSPS) is 12.9. The van der Waals surface area contributed by atoms with Gasteiger partial charge in [0.25, 0.3) is 0 Å². The Labute approximate surface area is 208 Å². The highest BCUT2D eigenvalue weighted by Crippen LogP contribution is 2.38. The first-order valence-corrected chi connectivity index (χ1v) is 11.7. The fourth-order valence-corrected chi connectivity index (χ4v) is 4.94. The molecule has 0 aliphatic heterocycles. The number of aliphatic hydroxyl groups is 1. The Kier molecular flexibility index (Phi) is 6.82. The third kappa shape index (κ3) is 4.01. The van der Waals surface area contributed by atoms with Crippen LogP contribution in [0.15, 0.2) is 50.1 Å². The quantitative estimate of drug-likeness (QED) is 0.356. The molecule has 0 unspecified atom stereocenters. The largest absolute Gasteiger partial charge is 0.496 e. The second kappa shape index (κ2) is 9.70. The molecule has 0 aliphatic rings. The average Bonchev–Trinajstić information content (AvgIpc) is 3.19. The maximum atomic E-state index is 14.9. The Morgan fingerprint density at radius 2 is 2.00 bits per heavy atom. The van der Waals surface area contributed by atoms with Crippen LogP contribution in [0.25, 0.3) is 27.6 Å². The zero-order chi connectivity index (χ0) is 26.3. The number of aliphatic imine (C=N–C) groups is 1. The maximum absolute atomic E-state index is 14.9. The smallest absolute Gasteiger partial charge is 0.420 e. The molecule has 2 heterocycles. The number of ether oxygens (including phenoxy) is 1. The molecule has 0 radical (unpaired) electrons. The molecule has 4 rings (SSSR count). The number of benzene rings is 2. The minimum absolute atomic E-state index is 0.166. The van der Waals surface area contributed by atoms with E-state index in [0.717, 1.165) is 22.4 Å². The molecule has 0 bridgehead atoms. The summed E-state index contributed by atoms with van der Waals surface area (Å²) in [5, 5.41) is 10.7. The monoisotopic (exact) mass is 491 g/mol. The number of rotatable bonds is 6. The zero-order valence-corrected chi connectivity index (χ0v) is 21.6. The number of pyridine rings is 1. The summed E-state index contributed by atoms with van der Waals surface area (Å²) in [5.74, 6) is -0.505. The van der Waals surface area contributed by atoms with Crippen LogP contribution in [0.5, 0.6) is 5.75 Å². The standard InChI is InChI=1S/C28H30FN3O4/c1-14(2)24(16(4)30-6)19-11-21-18(12-23(19)35-7)26-27(22(13-33)31-21)36-28(34)32(26)17(5)25-15(3)9-8-10-20(25)29/h8-12,17,33H,13H2,1-7H3/b30-16-/t17-/m1/s1. The first kappa shape index (κ1) is 25.3. The number of methoxy groups -OCH3 is 1. The second-order valence-corrected chi connectivity index (χ2v) is 9.03. The molecule has 0 fully saturated rings. The van der Waals surface area contributed by atoms with Gasteiger partial charge in [-0.15, -0.1) is 0 Å². The maximum Gasteiger partial charge on any atom is 0.420 e. The second-order valence-electron chi connectivity index (χ2n) is 9.03. The summed E-state index contributed by atoms with van der Waals surface area (Å²) in [6.07, 6.45) is 0. The van der Waals surface area contributed by atoms with E-state index in [2.05, 4.69) is 9.98 Å². The number of nitrogens with zero attached hydrogens (tertiary/aromatic N) is 3. The van der Waals surface area contributed by atoms with E-state index in [-0.39, 0.29) is 11.3 Å². The Hall–Kier alpha value is -3.78. The van der Waals surface area contributed by atoms with E-state index in [9.17, 15) is 14.3 Å². The Balaban J connectivity index is 2.15. The molecule has 1 N–H and O–H groups in total. The van der Waals surface area contributed by atoms with Crippen molar-refractivity contribution in [2.75, 3.05) is 14.2 Å². The van der Waals surface area contributed by atoms with Gasteiger partial charge in [0.15, 0.2) is 5.58 Å². The lowest BCUT2D eigenvalue weighted by Gasteiger charge is -2.19. The van der Waals surface area contributed by atoms with Crippen molar-refractivity contribution in [1.29, 1.82) is 0 Å². The van der Waals surface area contributed by atoms with E-state index in [0.29, 0.717) is 33.3 Å². The molecule has 7 nitrogen and oxygen atoms in total. The van der Waals surface area contributed by atoms with Gasteiger partial charge in [0.05, 0.1) is 25.3 Å². The van der Waals surface area contributed by atoms with Crippen LogP contribution in [-0.2, 0) is 6.61 Å². The summed E-state index contributed by atoms with van der Waals surface area (Å²) in [6, 6.07) is 7.80. The summed E-state index contributed by atoms with van der Waals surface area (Å²) < 4.78 is 27.7. The fraction of sp³-hybridized carbons (Fsp3) is 0.321. The van der Waals surface area contributed by atoms with Gasteiger partial charge in [0.2, 0.25) is 0 Å². The molecule has 0 amide bonds. The van der Waals surface area contributed by atoms with Crippen LogP contribution in [0.1, 0.15) is 56.1 Å². The van der Waals surface area contributed by atoms with E-state index < -0.39 is 24.2 Å². The molecule has 188 valence electrons. The summed E-state index contributed by atoms with van der Waals surface area (Å²) >= 11 is 0. The molecule has 36 heavy (non-hydrogen) atoms. The van der Waals surface area contributed by atoms with Gasteiger partial charge in [-0.1, -0.05) is 17.7 Å². The number of aryl methyl sites for hydroxylation is 1. The lowest BCUT2D eigenvalue weighted by atomic mass is 9.94. The predicted octanol–water partition coefficient (Wildman–Crippen LogP) is 5.58. The van der Waals surface area contributed by atoms with E-state index in [1.165, 1.54) is 10.6 Å². The van der Waals surface area contributed by atoms with Crippen molar-refractivity contribution in [1.82, 2.24) is 9.55 Å². The molecule has 8 heteroatoms. The molecule has 0 spiro atoms. The van der Waals surface area contributed by atoms with Crippen LogP contribution in [-0.4, -0.2) is 34.5 Å². The summed E-state index contributed by atoms with van der Waals surface area (Å²) in [5.41, 5.74) is 6.05. The van der Waals surface area contributed by atoms with Crippen LogP contribution < -0.4 is 10.5 Å². The van der Waals surface area contributed by atoms with E-state index in [1.54, 1.807) is 46.2 Å². The Bertz CT molecular complexity index is 1590.